The molecule has 2 nitrogen and oxygen atoms in total. The van der Waals surface area contributed by atoms with Crippen molar-refractivity contribution in [3.05, 3.63) is 59.7 Å². The first-order chi connectivity index (χ1) is 9.72. The molecule has 0 amide bonds. The number of benzene rings is 2. The maximum atomic E-state index is 7.83. The predicted molar refractivity (Wildman–Crippen MR) is 89.9 cm³/mol. The standard InChI is InChI=1S/C16H18N2S2/c1-2-19-13-9-6-10-14(15(13)16(17)18)20-11-12-7-4-3-5-8-12/h3-10H,2,11H2,1H3,(H3,17,18). The largest absolute Gasteiger partial charge is 0.384 e. The van der Waals surface area contributed by atoms with Gasteiger partial charge in [-0.15, -0.1) is 23.5 Å². The summed E-state index contributed by atoms with van der Waals surface area (Å²) in [5, 5.41) is 7.83. The fourth-order valence-corrected chi connectivity index (χ4v) is 3.88. The molecule has 0 fully saturated rings. The molecule has 4 heteroatoms. The molecule has 0 aliphatic heterocycles. The lowest BCUT2D eigenvalue weighted by Crippen LogP contribution is -2.13. The quantitative estimate of drug-likeness (QED) is 0.473. The minimum absolute atomic E-state index is 0.150. The summed E-state index contributed by atoms with van der Waals surface area (Å²) in [6, 6.07) is 16.5. The number of hydrogen-bond donors (Lipinski definition) is 2. The molecule has 0 saturated carbocycles. The molecule has 0 heterocycles. The Balaban J connectivity index is 2.22. The summed E-state index contributed by atoms with van der Waals surface area (Å²) in [7, 11) is 0. The van der Waals surface area contributed by atoms with E-state index in [9.17, 15) is 0 Å². The number of rotatable bonds is 6. The minimum atomic E-state index is 0.150. The lowest BCUT2D eigenvalue weighted by molar-refractivity contribution is 1.24. The van der Waals surface area contributed by atoms with Gasteiger partial charge in [-0.05, 0) is 23.4 Å². The van der Waals surface area contributed by atoms with Gasteiger partial charge >= 0.3 is 0 Å². The van der Waals surface area contributed by atoms with Gasteiger partial charge < -0.3 is 5.73 Å². The third kappa shape index (κ3) is 3.81. The summed E-state index contributed by atoms with van der Waals surface area (Å²) in [4.78, 5) is 2.18. The maximum absolute atomic E-state index is 7.83. The zero-order valence-corrected chi connectivity index (χ0v) is 13.1. The van der Waals surface area contributed by atoms with Gasteiger partial charge in [-0.3, -0.25) is 5.41 Å². The SMILES string of the molecule is CCSc1cccc(SCc2ccccc2)c1C(=N)N. The van der Waals surface area contributed by atoms with Crippen LogP contribution in [0.4, 0.5) is 0 Å². The van der Waals surface area contributed by atoms with Gasteiger partial charge in [0.1, 0.15) is 5.84 Å². The topological polar surface area (TPSA) is 49.9 Å². The van der Waals surface area contributed by atoms with E-state index in [1.807, 2.05) is 36.4 Å². The van der Waals surface area contributed by atoms with Gasteiger partial charge in [-0.25, -0.2) is 0 Å². The van der Waals surface area contributed by atoms with Crippen molar-refractivity contribution < 1.29 is 0 Å². The predicted octanol–water partition coefficient (Wildman–Crippen LogP) is 4.37. The van der Waals surface area contributed by atoms with E-state index in [2.05, 4.69) is 19.1 Å². The molecule has 0 aromatic heterocycles. The van der Waals surface area contributed by atoms with Gasteiger partial charge in [0.2, 0.25) is 0 Å². The third-order valence-electron chi connectivity index (χ3n) is 2.79. The summed E-state index contributed by atoms with van der Waals surface area (Å²) in [5.41, 5.74) is 7.92. The molecule has 2 aromatic rings. The molecule has 3 N–H and O–H groups in total. The number of nitrogen functional groups attached to an aromatic ring is 1. The molecule has 0 saturated heterocycles. The van der Waals surface area contributed by atoms with Crippen molar-refractivity contribution in [2.75, 3.05) is 5.75 Å². The summed E-state index contributed by atoms with van der Waals surface area (Å²) >= 11 is 3.47. The molecule has 20 heavy (non-hydrogen) atoms. The highest BCUT2D eigenvalue weighted by Gasteiger charge is 2.11. The minimum Gasteiger partial charge on any atom is -0.384 e. The highest BCUT2D eigenvalue weighted by molar-refractivity contribution is 7.99. The van der Waals surface area contributed by atoms with Crippen LogP contribution in [0.2, 0.25) is 0 Å². The van der Waals surface area contributed by atoms with Crippen LogP contribution in [-0.2, 0) is 5.75 Å². The van der Waals surface area contributed by atoms with Gasteiger partial charge in [0.25, 0.3) is 0 Å². The molecule has 0 radical (unpaired) electrons. The van der Waals surface area contributed by atoms with E-state index in [4.69, 9.17) is 11.1 Å². The Morgan fingerprint density at radius 3 is 2.25 bits per heavy atom. The molecule has 0 bridgehead atoms. The van der Waals surface area contributed by atoms with Crippen molar-refractivity contribution in [2.45, 2.75) is 22.5 Å². The molecule has 0 aliphatic rings. The van der Waals surface area contributed by atoms with Crippen LogP contribution in [-0.4, -0.2) is 11.6 Å². The van der Waals surface area contributed by atoms with Gasteiger partial charge in [-0.2, -0.15) is 0 Å². The summed E-state index contributed by atoms with van der Waals surface area (Å²) in [6.07, 6.45) is 0. The van der Waals surface area contributed by atoms with Crippen LogP contribution in [0.5, 0.6) is 0 Å². The van der Waals surface area contributed by atoms with Gasteiger partial charge in [0.05, 0.1) is 0 Å². The van der Waals surface area contributed by atoms with Gasteiger partial charge in [-0.1, -0.05) is 43.3 Å². The maximum Gasteiger partial charge on any atom is 0.125 e. The molecule has 2 rings (SSSR count). The zero-order chi connectivity index (χ0) is 14.4. The first-order valence-electron chi connectivity index (χ1n) is 6.49. The Labute approximate surface area is 128 Å². The second-order valence-electron chi connectivity index (χ2n) is 4.25. The van der Waals surface area contributed by atoms with E-state index in [1.165, 1.54) is 5.56 Å². The fourth-order valence-electron chi connectivity index (χ4n) is 1.91. The van der Waals surface area contributed by atoms with Crippen LogP contribution in [0.15, 0.2) is 58.3 Å². The van der Waals surface area contributed by atoms with E-state index < -0.39 is 0 Å². The molecular formula is C16H18N2S2. The lowest BCUT2D eigenvalue weighted by Gasteiger charge is -2.12. The van der Waals surface area contributed by atoms with E-state index in [-0.39, 0.29) is 5.84 Å². The van der Waals surface area contributed by atoms with Gasteiger partial charge in [0.15, 0.2) is 0 Å². The lowest BCUT2D eigenvalue weighted by atomic mass is 10.2. The number of hydrogen-bond acceptors (Lipinski definition) is 3. The molecule has 0 atom stereocenters. The molecular weight excluding hydrogens is 284 g/mol. The fraction of sp³-hybridized carbons (Fsp3) is 0.188. The van der Waals surface area contributed by atoms with Gasteiger partial charge in [0, 0.05) is 21.1 Å². The number of amidine groups is 1. The molecule has 0 aliphatic carbocycles. The second kappa shape index (κ2) is 7.41. The van der Waals surface area contributed by atoms with Crippen molar-refractivity contribution >= 4 is 29.4 Å². The highest BCUT2D eigenvalue weighted by atomic mass is 32.2. The Morgan fingerprint density at radius 1 is 1.00 bits per heavy atom. The summed E-state index contributed by atoms with van der Waals surface area (Å²) in [5.74, 6) is 2.02. The smallest absolute Gasteiger partial charge is 0.125 e. The van der Waals surface area contributed by atoms with Crippen molar-refractivity contribution in [1.82, 2.24) is 0 Å². The van der Waals surface area contributed by atoms with E-state index >= 15 is 0 Å². The number of thioether (sulfide) groups is 2. The Hall–Kier alpha value is -1.39. The third-order valence-corrected chi connectivity index (χ3v) is 4.86. The van der Waals surface area contributed by atoms with Crippen molar-refractivity contribution in [3.8, 4) is 0 Å². The van der Waals surface area contributed by atoms with E-state index in [0.717, 1.165) is 26.9 Å². The van der Waals surface area contributed by atoms with Crippen LogP contribution in [0.1, 0.15) is 18.1 Å². The first kappa shape index (κ1) is 15.0. The number of nitrogens with two attached hydrogens (primary N) is 1. The highest BCUT2D eigenvalue weighted by Crippen LogP contribution is 2.32. The Bertz CT molecular complexity index is 582. The van der Waals surface area contributed by atoms with Crippen molar-refractivity contribution in [3.63, 3.8) is 0 Å². The number of nitrogens with one attached hydrogen (secondary N) is 1. The molecule has 2 aromatic carbocycles. The zero-order valence-electron chi connectivity index (χ0n) is 11.4. The molecule has 104 valence electrons. The summed E-state index contributed by atoms with van der Waals surface area (Å²) in [6.45, 7) is 2.11. The van der Waals surface area contributed by atoms with Crippen LogP contribution in [0.25, 0.3) is 0 Å². The average Bonchev–Trinajstić information content (AvgIpc) is 2.46. The summed E-state index contributed by atoms with van der Waals surface area (Å²) < 4.78 is 0. The van der Waals surface area contributed by atoms with E-state index in [1.54, 1.807) is 23.5 Å². The normalized spacial score (nSPS) is 10.4. The van der Waals surface area contributed by atoms with Crippen LogP contribution >= 0.6 is 23.5 Å². The Morgan fingerprint density at radius 2 is 1.65 bits per heavy atom. The Kier molecular flexibility index (Phi) is 5.56. The van der Waals surface area contributed by atoms with Crippen LogP contribution in [0.3, 0.4) is 0 Å². The van der Waals surface area contributed by atoms with Crippen molar-refractivity contribution in [2.24, 2.45) is 5.73 Å². The van der Waals surface area contributed by atoms with E-state index in [0.29, 0.717) is 0 Å². The first-order valence-corrected chi connectivity index (χ1v) is 8.46. The van der Waals surface area contributed by atoms with Crippen LogP contribution in [0, 0.1) is 5.41 Å². The molecule has 0 unspecified atom stereocenters. The van der Waals surface area contributed by atoms with Crippen molar-refractivity contribution in [1.29, 1.82) is 5.41 Å². The second-order valence-corrected chi connectivity index (χ2v) is 6.57. The molecule has 0 spiro atoms. The monoisotopic (exact) mass is 302 g/mol. The average molecular weight is 302 g/mol. The van der Waals surface area contributed by atoms with Crippen LogP contribution < -0.4 is 5.73 Å².